The minimum atomic E-state index is -0.771. The number of aliphatic hydroxyl groups is 1. The second kappa shape index (κ2) is 11.2. The number of halogens is 2. The number of carbonyl (C=O) groups excluding carboxylic acids is 2. The van der Waals surface area contributed by atoms with E-state index >= 15 is 0 Å². The first-order valence-electron chi connectivity index (χ1n) is 11.3. The Bertz CT molecular complexity index is 1100. The molecule has 0 spiro atoms. The maximum Gasteiger partial charge on any atom is 0.295 e. The number of hydrogen-bond acceptors (Lipinski definition) is 5. The number of ether oxygens (including phenoxy) is 2. The van der Waals surface area contributed by atoms with Crippen LogP contribution in [0, 0.1) is 0 Å². The van der Waals surface area contributed by atoms with Crippen molar-refractivity contribution >= 4 is 40.7 Å². The van der Waals surface area contributed by atoms with Crippen LogP contribution in [-0.2, 0) is 9.59 Å². The van der Waals surface area contributed by atoms with Crippen molar-refractivity contribution in [3.05, 3.63) is 63.1 Å². The second-order valence-electron chi connectivity index (χ2n) is 8.40. The number of hydrogen-bond donors (Lipinski definition) is 1. The molecule has 1 saturated heterocycles. The fourth-order valence-electron chi connectivity index (χ4n) is 4.08. The van der Waals surface area contributed by atoms with Crippen molar-refractivity contribution in [3.63, 3.8) is 0 Å². The third kappa shape index (κ3) is 5.34. The fourth-order valence-corrected chi connectivity index (χ4v) is 4.65. The van der Waals surface area contributed by atoms with Crippen LogP contribution in [0.15, 0.2) is 42.0 Å². The Labute approximate surface area is 210 Å². The minimum absolute atomic E-state index is 0.00516. The Balaban J connectivity index is 2.17. The lowest BCUT2D eigenvalue weighted by Crippen LogP contribution is -2.30. The summed E-state index contributed by atoms with van der Waals surface area (Å²) in [5.74, 6) is -0.966. The lowest BCUT2D eigenvalue weighted by molar-refractivity contribution is -0.139. The molecule has 6 nitrogen and oxygen atoms in total. The number of ketones is 1. The highest BCUT2D eigenvalue weighted by Crippen LogP contribution is 2.43. The molecule has 34 heavy (non-hydrogen) atoms. The summed E-state index contributed by atoms with van der Waals surface area (Å²) < 4.78 is 11.1. The zero-order valence-corrected chi connectivity index (χ0v) is 21.2. The van der Waals surface area contributed by atoms with E-state index in [2.05, 4.69) is 6.92 Å². The number of aliphatic hydroxyl groups excluding tert-OH is 1. The molecule has 3 rings (SSSR count). The molecule has 1 unspecified atom stereocenters. The molecule has 0 radical (unpaired) electrons. The highest BCUT2D eigenvalue weighted by molar-refractivity contribution is 6.46. The molecule has 0 aromatic heterocycles. The average Bonchev–Trinajstić information content (AvgIpc) is 3.03. The number of nitrogens with zero attached hydrogens (tertiary/aromatic N) is 1. The number of likely N-dealkylation sites (tertiary alicyclic amines) is 1. The van der Waals surface area contributed by atoms with E-state index in [4.69, 9.17) is 32.7 Å². The SMILES string of the molecule is CCCCCN1C(=O)C(=O)/C(=C(/O)c2cc(Cl)cc(Cl)c2OC)C1c1ccc(OC(C)C)cc1. The van der Waals surface area contributed by atoms with E-state index in [1.165, 1.54) is 24.1 Å². The highest BCUT2D eigenvalue weighted by Gasteiger charge is 2.46. The molecular weight excluding hydrogens is 477 g/mol. The van der Waals surface area contributed by atoms with Crippen LogP contribution in [-0.4, -0.2) is 41.5 Å². The predicted molar refractivity (Wildman–Crippen MR) is 134 cm³/mol. The molecule has 8 heteroatoms. The molecule has 1 amide bonds. The third-order valence-corrected chi connectivity index (χ3v) is 6.08. The number of unbranched alkanes of at least 4 members (excludes halogenated alkanes) is 2. The fraction of sp³-hybridized carbons (Fsp3) is 0.385. The van der Waals surface area contributed by atoms with Gasteiger partial charge in [-0.3, -0.25) is 9.59 Å². The number of carbonyl (C=O) groups is 2. The first-order chi connectivity index (χ1) is 16.2. The number of amides is 1. The summed E-state index contributed by atoms with van der Waals surface area (Å²) in [5.41, 5.74) is 0.799. The number of benzene rings is 2. The predicted octanol–water partition coefficient (Wildman–Crippen LogP) is 6.40. The van der Waals surface area contributed by atoms with E-state index in [1.54, 1.807) is 24.3 Å². The lowest BCUT2D eigenvalue weighted by atomic mass is 9.94. The van der Waals surface area contributed by atoms with Gasteiger partial charge in [0.1, 0.15) is 17.3 Å². The molecule has 2 aromatic carbocycles. The molecule has 0 saturated carbocycles. The number of Topliss-reactive ketones (excluding diaryl/α,β-unsaturated/α-hetero) is 1. The van der Waals surface area contributed by atoms with Gasteiger partial charge in [0.05, 0.1) is 35.4 Å². The quantitative estimate of drug-likeness (QED) is 0.184. The van der Waals surface area contributed by atoms with E-state index in [0.717, 1.165) is 19.3 Å². The van der Waals surface area contributed by atoms with E-state index in [-0.39, 0.29) is 38.8 Å². The van der Waals surface area contributed by atoms with Gasteiger partial charge in [0.2, 0.25) is 0 Å². The molecule has 1 aliphatic rings. The van der Waals surface area contributed by atoms with Crippen LogP contribution in [0.2, 0.25) is 10.0 Å². The van der Waals surface area contributed by atoms with E-state index in [9.17, 15) is 14.7 Å². The molecular formula is C26H29Cl2NO5. The van der Waals surface area contributed by atoms with Crippen LogP contribution >= 0.6 is 23.2 Å². The Morgan fingerprint density at radius 2 is 1.79 bits per heavy atom. The molecule has 1 N–H and O–H groups in total. The first-order valence-corrected chi connectivity index (χ1v) is 12.0. The van der Waals surface area contributed by atoms with Gasteiger partial charge in [-0.05, 0) is 50.1 Å². The number of rotatable bonds is 9. The smallest absolute Gasteiger partial charge is 0.295 e. The molecule has 1 heterocycles. The van der Waals surface area contributed by atoms with Crippen molar-refractivity contribution in [3.8, 4) is 11.5 Å². The van der Waals surface area contributed by atoms with Gasteiger partial charge in [0.25, 0.3) is 11.7 Å². The summed E-state index contributed by atoms with van der Waals surface area (Å²) >= 11 is 12.4. The topological polar surface area (TPSA) is 76.1 Å². The average molecular weight is 506 g/mol. The van der Waals surface area contributed by atoms with E-state index in [0.29, 0.717) is 17.9 Å². The molecule has 1 aliphatic heterocycles. The molecule has 1 fully saturated rings. The monoisotopic (exact) mass is 505 g/mol. The Hall–Kier alpha value is -2.70. The first kappa shape index (κ1) is 25.9. The van der Waals surface area contributed by atoms with E-state index in [1.807, 2.05) is 13.8 Å². The Kier molecular flexibility index (Phi) is 8.50. The largest absolute Gasteiger partial charge is 0.507 e. The summed E-state index contributed by atoms with van der Waals surface area (Å²) in [6.45, 7) is 6.31. The molecule has 182 valence electrons. The summed E-state index contributed by atoms with van der Waals surface area (Å²) in [6.07, 6.45) is 2.62. The molecule has 0 bridgehead atoms. The molecule has 2 aromatic rings. The lowest BCUT2D eigenvalue weighted by Gasteiger charge is -2.26. The normalized spacial score (nSPS) is 17.5. The van der Waals surface area contributed by atoms with Crippen molar-refractivity contribution in [2.24, 2.45) is 0 Å². The molecule has 1 atom stereocenters. The van der Waals surface area contributed by atoms with Crippen LogP contribution in [0.3, 0.4) is 0 Å². The summed E-state index contributed by atoms with van der Waals surface area (Å²) in [4.78, 5) is 27.8. The second-order valence-corrected chi connectivity index (χ2v) is 9.25. The summed E-state index contributed by atoms with van der Waals surface area (Å²) in [6, 6.07) is 9.35. The van der Waals surface area contributed by atoms with Gasteiger partial charge < -0.3 is 19.5 Å². The summed E-state index contributed by atoms with van der Waals surface area (Å²) in [5, 5.41) is 11.8. The zero-order valence-electron chi connectivity index (χ0n) is 19.7. The van der Waals surface area contributed by atoms with Crippen LogP contribution in [0.1, 0.15) is 57.2 Å². The van der Waals surface area contributed by atoms with Crippen molar-refractivity contribution in [1.29, 1.82) is 0 Å². The molecule has 0 aliphatic carbocycles. The standard InChI is InChI=1S/C26H29Cl2NO5/c1-5-6-7-12-29-22(16-8-10-18(11-9-16)34-15(2)3)21(24(31)26(29)32)23(30)19-13-17(27)14-20(28)25(19)33-4/h8-11,13-15,22,30H,5-7,12H2,1-4H3/b23-21+. The van der Waals surface area contributed by atoms with Gasteiger partial charge in [0.15, 0.2) is 0 Å². The van der Waals surface area contributed by atoms with Gasteiger partial charge in [-0.15, -0.1) is 0 Å². The number of methoxy groups -OCH3 is 1. The van der Waals surface area contributed by atoms with Crippen LogP contribution in [0.4, 0.5) is 0 Å². The maximum atomic E-state index is 13.2. The van der Waals surface area contributed by atoms with Gasteiger partial charge in [-0.25, -0.2) is 0 Å². The maximum absolute atomic E-state index is 13.2. The van der Waals surface area contributed by atoms with Gasteiger partial charge >= 0.3 is 0 Å². The Morgan fingerprint density at radius 3 is 2.38 bits per heavy atom. The van der Waals surface area contributed by atoms with Crippen molar-refractivity contribution < 1.29 is 24.2 Å². The van der Waals surface area contributed by atoms with Crippen molar-refractivity contribution in [1.82, 2.24) is 4.90 Å². The minimum Gasteiger partial charge on any atom is -0.507 e. The van der Waals surface area contributed by atoms with Crippen molar-refractivity contribution in [2.75, 3.05) is 13.7 Å². The summed E-state index contributed by atoms with van der Waals surface area (Å²) in [7, 11) is 1.40. The van der Waals surface area contributed by atoms with E-state index < -0.39 is 17.7 Å². The van der Waals surface area contributed by atoms with Crippen LogP contribution < -0.4 is 9.47 Å². The van der Waals surface area contributed by atoms with Gasteiger partial charge in [0, 0.05) is 11.6 Å². The van der Waals surface area contributed by atoms with Gasteiger partial charge in [-0.1, -0.05) is 55.1 Å². The van der Waals surface area contributed by atoms with Gasteiger partial charge in [-0.2, -0.15) is 0 Å². The highest BCUT2D eigenvalue weighted by atomic mass is 35.5. The Morgan fingerprint density at radius 1 is 1.12 bits per heavy atom. The van der Waals surface area contributed by atoms with Crippen molar-refractivity contribution in [2.45, 2.75) is 52.2 Å². The zero-order chi connectivity index (χ0) is 25.0. The van der Waals surface area contributed by atoms with Crippen LogP contribution in [0.25, 0.3) is 5.76 Å². The third-order valence-electron chi connectivity index (χ3n) is 5.58. The van der Waals surface area contributed by atoms with Crippen LogP contribution in [0.5, 0.6) is 11.5 Å².